The van der Waals surface area contributed by atoms with Crippen molar-refractivity contribution in [2.45, 2.75) is 6.10 Å². The van der Waals surface area contributed by atoms with Gasteiger partial charge in [-0.3, -0.25) is 4.79 Å². The van der Waals surface area contributed by atoms with Gasteiger partial charge in [0.2, 0.25) is 6.10 Å². The minimum absolute atomic E-state index is 0.184. The molecule has 0 spiro atoms. The molecular weight excluding hydrogens is 302 g/mol. The molecule has 1 aliphatic heterocycles. The van der Waals surface area contributed by atoms with Gasteiger partial charge < -0.3 is 14.8 Å². The van der Waals surface area contributed by atoms with E-state index in [1.54, 1.807) is 18.2 Å². The number of ether oxygens (including phenoxy) is 2. The summed E-state index contributed by atoms with van der Waals surface area (Å²) in [5, 5.41) is 2.82. The van der Waals surface area contributed by atoms with Gasteiger partial charge in [-0.25, -0.2) is 0 Å². The lowest BCUT2D eigenvalue weighted by molar-refractivity contribution is -0.125. The van der Waals surface area contributed by atoms with Crippen molar-refractivity contribution in [2.75, 3.05) is 11.9 Å². The lowest BCUT2D eigenvalue weighted by Gasteiger charge is -2.25. The Morgan fingerprint density at radius 2 is 1.95 bits per heavy atom. The van der Waals surface area contributed by atoms with E-state index in [1.807, 2.05) is 24.3 Å². The normalized spacial score (nSPS) is 16.5. The maximum absolute atomic E-state index is 12.3. The molecule has 22 heavy (non-hydrogen) atoms. The van der Waals surface area contributed by atoms with Crippen molar-refractivity contribution in [2.24, 2.45) is 0 Å². The molecule has 1 aliphatic rings. The highest BCUT2D eigenvalue weighted by Gasteiger charge is 2.27. The van der Waals surface area contributed by atoms with Crippen molar-refractivity contribution in [1.82, 2.24) is 8.75 Å². The van der Waals surface area contributed by atoms with Crippen molar-refractivity contribution >= 4 is 34.4 Å². The largest absolute Gasteiger partial charge is 0.485 e. The summed E-state index contributed by atoms with van der Waals surface area (Å²) in [6, 6.07) is 12.7. The number of nitrogens with one attached hydrogen (secondary N) is 1. The number of hydrogen-bond acceptors (Lipinski definition) is 6. The monoisotopic (exact) mass is 313 g/mol. The molecule has 1 atom stereocenters. The number of benzene rings is 2. The molecule has 4 rings (SSSR count). The second-order valence-electron chi connectivity index (χ2n) is 4.82. The van der Waals surface area contributed by atoms with Crippen molar-refractivity contribution < 1.29 is 14.3 Å². The summed E-state index contributed by atoms with van der Waals surface area (Å²) in [6.07, 6.45) is -0.681. The number of anilines is 1. The van der Waals surface area contributed by atoms with Gasteiger partial charge in [0, 0.05) is 5.69 Å². The number of para-hydroxylation sites is 2. The number of nitrogens with zero attached hydrogens (tertiary/aromatic N) is 2. The molecule has 1 N–H and O–H groups in total. The van der Waals surface area contributed by atoms with Crippen LogP contribution in [0, 0.1) is 0 Å². The number of aromatic nitrogens is 2. The Bertz CT molecular complexity index is 849. The van der Waals surface area contributed by atoms with Crippen LogP contribution < -0.4 is 14.8 Å². The van der Waals surface area contributed by atoms with Crippen LogP contribution in [0.15, 0.2) is 42.5 Å². The summed E-state index contributed by atoms with van der Waals surface area (Å²) in [5.74, 6) is 0.978. The van der Waals surface area contributed by atoms with Crippen molar-refractivity contribution in [3.8, 4) is 11.5 Å². The minimum atomic E-state index is -0.681. The van der Waals surface area contributed by atoms with Gasteiger partial charge in [-0.1, -0.05) is 12.1 Å². The van der Waals surface area contributed by atoms with Crippen molar-refractivity contribution in [3.05, 3.63) is 42.5 Å². The van der Waals surface area contributed by atoms with E-state index in [0.29, 0.717) is 17.2 Å². The van der Waals surface area contributed by atoms with Crippen LogP contribution >= 0.6 is 11.7 Å². The van der Waals surface area contributed by atoms with E-state index < -0.39 is 6.10 Å². The highest BCUT2D eigenvalue weighted by Crippen LogP contribution is 2.31. The first-order valence-corrected chi connectivity index (χ1v) is 7.44. The summed E-state index contributed by atoms with van der Waals surface area (Å²) in [6.45, 7) is 0.184. The first kappa shape index (κ1) is 13.0. The third kappa shape index (κ3) is 2.35. The zero-order chi connectivity index (χ0) is 14.9. The minimum Gasteiger partial charge on any atom is -0.485 e. The standard InChI is InChI=1S/C15H11N3O3S/c19-15(14-8-20-12-3-1-2-4-13(12)21-14)16-9-5-6-10-11(7-9)18-22-17-10/h1-7,14H,8H2,(H,16,19)/t14-/m1/s1. The molecule has 0 saturated carbocycles. The summed E-state index contributed by atoms with van der Waals surface area (Å²) < 4.78 is 19.5. The van der Waals surface area contributed by atoms with Crippen LogP contribution in [0.2, 0.25) is 0 Å². The van der Waals surface area contributed by atoms with Gasteiger partial charge in [0.05, 0.1) is 11.7 Å². The zero-order valence-electron chi connectivity index (χ0n) is 11.4. The van der Waals surface area contributed by atoms with Gasteiger partial charge in [0.25, 0.3) is 5.91 Å². The quantitative estimate of drug-likeness (QED) is 0.787. The van der Waals surface area contributed by atoms with E-state index in [4.69, 9.17) is 9.47 Å². The SMILES string of the molecule is O=C(Nc1ccc2nsnc2c1)[C@H]1COc2ccccc2O1. The predicted molar refractivity (Wildman–Crippen MR) is 82.4 cm³/mol. The van der Waals surface area contributed by atoms with Crippen LogP contribution in [-0.2, 0) is 4.79 Å². The maximum Gasteiger partial charge on any atom is 0.269 e. The van der Waals surface area contributed by atoms with E-state index in [0.717, 1.165) is 22.8 Å². The van der Waals surface area contributed by atoms with E-state index in [1.165, 1.54) is 0 Å². The Hall–Kier alpha value is -2.67. The third-order valence-electron chi connectivity index (χ3n) is 3.32. The molecule has 2 aromatic carbocycles. The third-order valence-corrected chi connectivity index (χ3v) is 3.88. The number of rotatable bonds is 2. The molecule has 0 radical (unpaired) electrons. The summed E-state index contributed by atoms with van der Waals surface area (Å²) in [7, 11) is 0. The molecule has 0 unspecified atom stereocenters. The molecule has 7 heteroatoms. The zero-order valence-corrected chi connectivity index (χ0v) is 12.2. The second kappa shape index (κ2) is 5.27. The molecule has 6 nitrogen and oxygen atoms in total. The van der Waals surface area contributed by atoms with Gasteiger partial charge in [-0.2, -0.15) is 8.75 Å². The van der Waals surface area contributed by atoms with Gasteiger partial charge in [0.15, 0.2) is 11.5 Å². The number of fused-ring (bicyclic) bond motifs is 2. The first-order chi connectivity index (χ1) is 10.8. The van der Waals surface area contributed by atoms with Crippen LogP contribution in [0.5, 0.6) is 11.5 Å². The Morgan fingerprint density at radius 3 is 2.86 bits per heavy atom. The molecule has 110 valence electrons. The average Bonchev–Trinajstić information content (AvgIpc) is 3.02. The fourth-order valence-electron chi connectivity index (χ4n) is 2.23. The molecule has 2 heterocycles. The van der Waals surface area contributed by atoms with Crippen molar-refractivity contribution in [1.29, 1.82) is 0 Å². The van der Waals surface area contributed by atoms with Crippen LogP contribution in [-0.4, -0.2) is 27.4 Å². The molecule has 0 fully saturated rings. The van der Waals surface area contributed by atoms with E-state index >= 15 is 0 Å². The van der Waals surface area contributed by atoms with E-state index in [-0.39, 0.29) is 12.5 Å². The van der Waals surface area contributed by atoms with Crippen LogP contribution in [0.4, 0.5) is 5.69 Å². The Balaban J connectivity index is 1.50. The lowest BCUT2D eigenvalue weighted by Crippen LogP contribution is -2.40. The smallest absolute Gasteiger partial charge is 0.269 e. The maximum atomic E-state index is 12.3. The lowest BCUT2D eigenvalue weighted by atomic mass is 10.2. The first-order valence-electron chi connectivity index (χ1n) is 6.71. The summed E-state index contributed by atoms with van der Waals surface area (Å²) in [4.78, 5) is 12.3. The van der Waals surface area contributed by atoms with Crippen LogP contribution in [0.25, 0.3) is 11.0 Å². The Kier molecular flexibility index (Phi) is 3.12. The number of hydrogen-bond donors (Lipinski definition) is 1. The van der Waals surface area contributed by atoms with Crippen LogP contribution in [0.3, 0.4) is 0 Å². The Labute approximate surface area is 130 Å². The summed E-state index contributed by atoms with van der Waals surface area (Å²) >= 11 is 1.14. The predicted octanol–water partition coefficient (Wildman–Crippen LogP) is 2.47. The topological polar surface area (TPSA) is 73.3 Å². The summed E-state index contributed by atoms with van der Waals surface area (Å²) in [5.41, 5.74) is 2.23. The van der Waals surface area contributed by atoms with Gasteiger partial charge in [-0.05, 0) is 30.3 Å². The highest BCUT2D eigenvalue weighted by molar-refractivity contribution is 7.00. The fraction of sp³-hybridized carbons (Fsp3) is 0.133. The molecule has 1 aromatic heterocycles. The average molecular weight is 313 g/mol. The highest BCUT2D eigenvalue weighted by atomic mass is 32.1. The Morgan fingerprint density at radius 1 is 1.14 bits per heavy atom. The van der Waals surface area contributed by atoms with Crippen LogP contribution in [0.1, 0.15) is 0 Å². The molecular formula is C15H11N3O3S. The van der Waals surface area contributed by atoms with Gasteiger partial charge >= 0.3 is 0 Å². The number of amides is 1. The molecule has 0 bridgehead atoms. The number of carbonyl (C=O) groups excluding carboxylic acids is 1. The molecule has 0 aliphatic carbocycles. The molecule has 0 saturated heterocycles. The molecule has 3 aromatic rings. The van der Waals surface area contributed by atoms with Gasteiger partial charge in [0.1, 0.15) is 17.6 Å². The van der Waals surface area contributed by atoms with E-state index in [2.05, 4.69) is 14.1 Å². The van der Waals surface area contributed by atoms with Gasteiger partial charge in [-0.15, -0.1) is 0 Å². The second-order valence-corrected chi connectivity index (χ2v) is 5.35. The number of carbonyl (C=O) groups is 1. The van der Waals surface area contributed by atoms with Crippen molar-refractivity contribution in [3.63, 3.8) is 0 Å². The fourth-order valence-corrected chi connectivity index (χ4v) is 2.75. The van der Waals surface area contributed by atoms with E-state index in [9.17, 15) is 4.79 Å². The molecule has 1 amide bonds.